The van der Waals surface area contributed by atoms with E-state index in [1.54, 1.807) is 88.4 Å². The summed E-state index contributed by atoms with van der Waals surface area (Å²) in [6, 6.07) is 22.5. The Morgan fingerprint density at radius 1 is 0.523 bits per heavy atom. The monoisotopic (exact) mass is 594 g/mol. The molecule has 4 rings (SSSR count). The summed E-state index contributed by atoms with van der Waals surface area (Å²) in [5.41, 5.74) is 14.8. The minimum atomic E-state index is -0.663. The number of nitrogens with one attached hydrogen (secondary N) is 2. The molecule has 4 aromatic carbocycles. The second-order valence-corrected chi connectivity index (χ2v) is 10.6. The van der Waals surface area contributed by atoms with Gasteiger partial charge in [0.15, 0.2) is 0 Å². The Balaban J connectivity index is 1.77. The van der Waals surface area contributed by atoms with Gasteiger partial charge in [-0.2, -0.15) is 0 Å². The molecule has 2 amide bonds. The van der Waals surface area contributed by atoms with E-state index in [9.17, 15) is 19.2 Å². The number of hydrogen-bond acceptors (Lipinski definition) is 8. The lowest BCUT2D eigenvalue weighted by Crippen LogP contribution is -2.20. The van der Waals surface area contributed by atoms with Gasteiger partial charge in [0.05, 0.1) is 34.5 Å². The molecule has 0 aliphatic rings. The van der Waals surface area contributed by atoms with Crippen LogP contribution in [0.25, 0.3) is 11.1 Å². The molecule has 10 heteroatoms. The number of rotatable bonds is 9. The first-order valence-electron chi connectivity index (χ1n) is 14.0. The third-order valence-electron chi connectivity index (χ3n) is 6.32. The maximum atomic E-state index is 13.5. The smallest absolute Gasteiger partial charge is 0.339 e. The quantitative estimate of drug-likeness (QED) is 0.132. The molecule has 0 aliphatic heterocycles. The van der Waals surface area contributed by atoms with Gasteiger partial charge in [-0.25, -0.2) is 9.59 Å². The van der Waals surface area contributed by atoms with Crippen molar-refractivity contribution >= 4 is 46.5 Å². The lowest BCUT2D eigenvalue weighted by Gasteiger charge is -2.16. The number of amides is 2. The minimum Gasteiger partial charge on any atom is -0.459 e. The summed E-state index contributed by atoms with van der Waals surface area (Å²) in [4.78, 5) is 52.8. The van der Waals surface area contributed by atoms with Crippen molar-refractivity contribution in [2.45, 2.75) is 39.9 Å². The fourth-order valence-corrected chi connectivity index (χ4v) is 4.26. The molecule has 0 spiro atoms. The maximum absolute atomic E-state index is 13.5. The van der Waals surface area contributed by atoms with Gasteiger partial charge in [-0.1, -0.05) is 12.1 Å². The highest BCUT2D eigenvalue weighted by atomic mass is 16.5. The first-order valence-corrected chi connectivity index (χ1v) is 14.0. The van der Waals surface area contributed by atoms with Crippen LogP contribution in [0, 0.1) is 0 Å². The van der Waals surface area contributed by atoms with Crippen LogP contribution in [-0.4, -0.2) is 36.0 Å². The number of nitrogen functional groups attached to an aromatic ring is 2. The second-order valence-electron chi connectivity index (χ2n) is 10.6. The Bertz CT molecular complexity index is 1570. The molecule has 6 N–H and O–H groups in total. The highest BCUT2D eigenvalue weighted by Gasteiger charge is 2.23. The highest BCUT2D eigenvalue weighted by molar-refractivity contribution is 6.13. The molecule has 0 radical (unpaired) electrons. The van der Waals surface area contributed by atoms with Gasteiger partial charge in [0, 0.05) is 22.7 Å². The van der Waals surface area contributed by atoms with Crippen LogP contribution in [0.3, 0.4) is 0 Å². The number of hydrogen-bond donors (Lipinski definition) is 4. The number of esters is 2. The van der Waals surface area contributed by atoms with Crippen molar-refractivity contribution in [3.8, 4) is 11.1 Å². The average molecular weight is 595 g/mol. The summed E-state index contributed by atoms with van der Waals surface area (Å²) < 4.78 is 10.8. The van der Waals surface area contributed by atoms with E-state index in [0.717, 1.165) is 0 Å². The van der Waals surface area contributed by atoms with Crippen molar-refractivity contribution in [3.63, 3.8) is 0 Å². The van der Waals surface area contributed by atoms with E-state index < -0.39 is 36.0 Å². The van der Waals surface area contributed by atoms with Crippen LogP contribution in [-0.2, 0) is 9.47 Å². The molecule has 0 aliphatic carbocycles. The average Bonchev–Trinajstić information content (AvgIpc) is 2.98. The van der Waals surface area contributed by atoms with Gasteiger partial charge in [-0.15, -0.1) is 0 Å². The van der Waals surface area contributed by atoms with E-state index in [1.165, 1.54) is 24.3 Å². The molecule has 0 atom stereocenters. The van der Waals surface area contributed by atoms with Gasteiger partial charge in [-0.05, 0) is 112 Å². The van der Waals surface area contributed by atoms with Crippen molar-refractivity contribution in [1.29, 1.82) is 0 Å². The normalized spacial score (nSPS) is 10.8. The van der Waals surface area contributed by atoms with Crippen molar-refractivity contribution in [2.75, 3.05) is 22.1 Å². The van der Waals surface area contributed by atoms with Gasteiger partial charge in [0.1, 0.15) is 0 Å². The van der Waals surface area contributed by atoms with Gasteiger partial charge in [0.25, 0.3) is 11.8 Å². The maximum Gasteiger partial charge on any atom is 0.339 e. The van der Waals surface area contributed by atoms with E-state index in [-0.39, 0.29) is 22.3 Å². The van der Waals surface area contributed by atoms with E-state index in [1.807, 2.05) is 0 Å². The summed E-state index contributed by atoms with van der Waals surface area (Å²) in [6.45, 7) is 6.85. The predicted octanol–water partition coefficient (Wildman–Crippen LogP) is 6.15. The molecule has 4 aromatic rings. The van der Waals surface area contributed by atoms with E-state index >= 15 is 0 Å². The summed E-state index contributed by atoms with van der Waals surface area (Å²) in [6.07, 6.45) is -0.814. The molecule has 0 saturated heterocycles. The molecule has 0 saturated carbocycles. The summed E-state index contributed by atoms with van der Waals surface area (Å²) >= 11 is 0. The zero-order valence-electron chi connectivity index (χ0n) is 24.8. The Morgan fingerprint density at radius 3 is 1.18 bits per heavy atom. The van der Waals surface area contributed by atoms with Crippen molar-refractivity contribution in [1.82, 2.24) is 0 Å². The zero-order valence-corrected chi connectivity index (χ0v) is 24.8. The van der Waals surface area contributed by atoms with Crippen LogP contribution in [0.4, 0.5) is 22.7 Å². The Hall–Kier alpha value is -5.64. The van der Waals surface area contributed by atoms with Gasteiger partial charge in [-0.3, -0.25) is 9.59 Å². The van der Waals surface area contributed by atoms with Crippen molar-refractivity contribution in [2.24, 2.45) is 0 Å². The number of carbonyl (C=O) groups excluding carboxylic acids is 4. The van der Waals surface area contributed by atoms with Gasteiger partial charge >= 0.3 is 11.9 Å². The molecule has 226 valence electrons. The molecule has 0 heterocycles. The summed E-state index contributed by atoms with van der Waals surface area (Å²) in [5, 5.41) is 5.56. The first kappa shape index (κ1) is 31.3. The number of carbonyl (C=O) groups is 4. The largest absolute Gasteiger partial charge is 0.459 e. The Labute approximate surface area is 255 Å². The van der Waals surface area contributed by atoms with Crippen LogP contribution >= 0.6 is 0 Å². The summed E-state index contributed by atoms with van der Waals surface area (Å²) in [5.74, 6) is -2.43. The zero-order chi connectivity index (χ0) is 32.0. The van der Waals surface area contributed by atoms with Crippen LogP contribution in [0.2, 0.25) is 0 Å². The number of ether oxygens (including phenoxy) is 2. The number of anilines is 4. The third-order valence-corrected chi connectivity index (χ3v) is 6.32. The number of nitrogens with two attached hydrogens (primary N) is 2. The third kappa shape index (κ3) is 7.80. The molecule has 0 fully saturated rings. The molecular formula is C34H34N4O6. The highest BCUT2D eigenvalue weighted by Crippen LogP contribution is 2.28. The fourth-order valence-electron chi connectivity index (χ4n) is 4.26. The molecule has 0 unspecified atom stereocenters. The lowest BCUT2D eigenvalue weighted by atomic mass is 9.95. The van der Waals surface area contributed by atoms with Crippen molar-refractivity contribution in [3.05, 3.63) is 107 Å². The standard InChI is InChI=1S/C34H34N4O6/c1-19(2)43-33(41)27-15-5-21(17-29(27)31(39)37-25-11-7-23(35)8-12-25)22-6-16-28(34(42)44-20(3)4)30(18-22)32(40)38-26-13-9-24(36)10-14-26/h5-20H,35-36H2,1-4H3,(H,37,39)(H,38,40). The fraction of sp³-hybridized carbons (Fsp3) is 0.176. The predicted molar refractivity (Wildman–Crippen MR) is 171 cm³/mol. The Kier molecular flexibility index (Phi) is 9.64. The second kappa shape index (κ2) is 13.6. The van der Waals surface area contributed by atoms with Crippen molar-refractivity contribution < 1.29 is 28.7 Å². The molecular weight excluding hydrogens is 560 g/mol. The lowest BCUT2D eigenvalue weighted by molar-refractivity contribution is 0.0365. The van der Waals surface area contributed by atoms with Crippen LogP contribution in [0.5, 0.6) is 0 Å². The molecule has 0 bridgehead atoms. The van der Waals surface area contributed by atoms with E-state index in [4.69, 9.17) is 20.9 Å². The minimum absolute atomic E-state index is 0.0566. The van der Waals surface area contributed by atoms with Crippen LogP contribution in [0.15, 0.2) is 84.9 Å². The van der Waals surface area contributed by atoms with E-state index in [2.05, 4.69) is 10.6 Å². The van der Waals surface area contributed by atoms with E-state index in [0.29, 0.717) is 33.9 Å². The SMILES string of the molecule is CC(C)OC(=O)c1ccc(-c2ccc(C(=O)OC(C)C)c(C(=O)Nc3ccc(N)cc3)c2)cc1C(=O)Nc1ccc(N)cc1. The van der Waals surface area contributed by atoms with Crippen LogP contribution < -0.4 is 22.1 Å². The molecule has 0 aromatic heterocycles. The topological polar surface area (TPSA) is 163 Å². The Morgan fingerprint density at radius 2 is 0.864 bits per heavy atom. The summed E-state index contributed by atoms with van der Waals surface area (Å²) in [7, 11) is 0. The first-order chi connectivity index (χ1) is 20.9. The van der Waals surface area contributed by atoms with Gasteiger partial charge < -0.3 is 31.6 Å². The van der Waals surface area contributed by atoms with Crippen LogP contribution in [0.1, 0.15) is 69.1 Å². The molecule has 44 heavy (non-hydrogen) atoms. The van der Waals surface area contributed by atoms with Gasteiger partial charge in [0.2, 0.25) is 0 Å². The number of benzene rings is 4. The molecule has 10 nitrogen and oxygen atoms in total.